The summed E-state index contributed by atoms with van der Waals surface area (Å²) >= 11 is 0. The number of halogens is 1. The Hall–Kier alpha value is -2.86. The van der Waals surface area contributed by atoms with Gasteiger partial charge in [-0.25, -0.2) is 4.79 Å². The lowest BCUT2D eigenvalue weighted by Gasteiger charge is -2.20. The lowest BCUT2D eigenvalue weighted by atomic mass is 10.0. The molecular weight excluding hydrogens is 426 g/mol. The van der Waals surface area contributed by atoms with E-state index in [0.717, 1.165) is 29.7 Å². The number of nitrogens with one attached hydrogen (secondary N) is 1. The number of hydrogen-bond donors (Lipinski definition) is 3. The Morgan fingerprint density at radius 2 is 1.66 bits per heavy atom. The van der Waals surface area contributed by atoms with E-state index in [1.54, 1.807) is 18.2 Å². The summed E-state index contributed by atoms with van der Waals surface area (Å²) in [5.74, 6) is -0.615. The molecule has 3 N–H and O–H groups in total. The van der Waals surface area contributed by atoms with Crippen LogP contribution in [-0.2, 0) is 6.42 Å². The Balaban J connectivity index is 0.00000363. The largest absolute Gasteiger partial charge is 0.493 e. The second kappa shape index (κ2) is 12.2. The van der Waals surface area contributed by atoms with Crippen molar-refractivity contribution in [3.8, 4) is 16.9 Å². The zero-order valence-electron chi connectivity index (χ0n) is 18.3. The fraction of sp³-hybridized carbons (Fsp3) is 0.269. The van der Waals surface area contributed by atoms with Crippen molar-refractivity contribution in [2.24, 2.45) is 0 Å². The lowest BCUT2D eigenvalue weighted by molar-refractivity contribution is 0.0692. The second-order valence-electron chi connectivity index (χ2n) is 7.49. The number of aliphatic hydroxyl groups is 1. The van der Waals surface area contributed by atoms with Crippen LogP contribution in [-0.4, -0.2) is 35.4 Å². The Bertz CT molecular complexity index is 992. The van der Waals surface area contributed by atoms with Crippen molar-refractivity contribution in [3.63, 3.8) is 0 Å². The van der Waals surface area contributed by atoms with E-state index in [4.69, 9.17) is 4.74 Å². The summed E-state index contributed by atoms with van der Waals surface area (Å²) in [7, 11) is 0. The van der Waals surface area contributed by atoms with Gasteiger partial charge in [-0.3, -0.25) is 0 Å². The van der Waals surface area contributed by atoms with E-state index in [0.29, 0.717) is 12.4 Å². The van der Waals surface area contributed by atoms with Crippen LogP contribution >= 0.6 is 12.4 Å². The first-order valence-electron chi connectivity index (χ1n) is 10.6. The summed E-state index contributed by atoms with van der Waals surface area (Å²) in [4.78, 5) is 11.4. The van der Waals surface area contributed by atoms with E-state index in [2.05, 4.69) is 17.4 Å². The monoisotopic (exact) mass is 455 g/mol. The van der Waals surface area contributed by atoms with Gasteiger partial charge in [0, 0.05) is 6.04 Å². The van der Waals surface area contributed by atoms with Crippen molar-refractivity contribution in [1.82, 2.24) is 5.32 Å². The first-order chi connectivity index (χ1) is 15.0. The minimum Gasteiger partial charge on any atom is -0.493 e. The van der Waals surface area contributed by atoms with Gasteiger partial charge in [-0.1, -0.05) is 60.7 Å². The molecule has 0 bridgehead atoms. The van der Waals surface area contributed by atoms with E-state index in [1.165, 1.54) is 5.56 Å². The molecule has 0 unspecified atom stereocenters. The zero-order chi connectivity index (χ0) is 22.2. The van der Waals surface area contributed by atoms with Crippen LogP contribution < -0.4 is 10.1 Å². The maximum absolute atomic E-state index is 11.4. The number of hydrogen-bond acceptors (Lipinski definition) is 4. The average Bonchev–Trinajstić information content (AvgIpc) is 2.79. The quantitative estimate of drug-likeness (QED) is 0.395. The molecule has 0 fully saturated rings. The van der Waals surface area contributed by atoms with Crippen LogP contribution in [0.2, 0.25) is 0 Å². The van der Waals surface area contributed by atoms with Gasteiger partial charge in [0.25, 0.3) is 0 Å². The molecular formula is C26H30ClNO4. The van der Waals surface area contributed by atoms with Crippen molar-refractivity contribution < 1.29 is 19.7 Å². The van der Waals surface area contributed by atoms with E-state index < -0.39 is 12.1 Å². The molecule has 0 aliphatic carbocycles. The molecule has 0 aliphatic rings. The molecule has 3 rings (SSSR count). The van der Waals surface area contributed by atoms with E-state index in [1.807, 2.05) is 56.3 Å². The van der Waals surface area contributed by atoms with Gasteiger partial charge in [0.15, 0.2) is 0 Å². The molecule has 0 aromatic heterocycles. The van der Waals surface area contributed by atoms with Gasteiger partial charge in [-0.05, 0) is 61.2 Å². The number of aliphatic hydroxyl groups excluding tert-OH is 1. The summed E-state index contributed by atoms with van der Waals surface area (Å²) in [5.41, 5.74) is 4.18. The first-order valence-corrected chi connectivity index (χ1v) is 10.6. The highest BCUT2D eigenvalue weighted by Gasteiger charge is 2.15. The predicted molar refractivity (Wildman–Crippen MR) is 130 cm³/mol. The molecule has 0 aliphatic heterocycles. The van der Waals surface area contributed by atoms with Crippen molar-refractivity contribution in [1.29, 1.82) is 0 Å². The molecule has 0 amide bonds. The van der Waals surface area contributed by atoms with Gasteiger partial charge in [-0.15, -0.1) is 12.4 Å². The minimum absolute atomic E-state index is 0. The second-order valence-corrected chi connectivity index (χ2v) is 7.49. The first kappa shape index (κ1) is 25.4. The van der Waals surface area contributed by atoms with Gasteiger partial charge in [0.1, 0.15) is 11.3 Å². The number of rotatable bonds is 10. The third-order valence-corrected chi connectivity index (χ3v) is 5.29. The van der Waals surface area contributed by atoms with Crippen LogP contribution in [0, 0.1) is 0 Å². The number of aromatic carboxylic acids is 1. The molecule has 32 heavy (non-hydrogen) atoms. The number of carbonyl (C=O) groups is 1. The fourth-order valence-electron chi connectivity index (χ4n) is 3.51. The van der Waals surface area contributed by atoms with Crippen LogP contribution in [0.3, 0.4) is 0 Å². The predicted octanol–water partition coefficient (Wildman–Crippen LogP) is 5.13. The Morgan fingerprint density at radius 3 is 2.28 bits per heavy atom. The van der Waals surface area contributed by atoms with Crippen LogP contribution in [0.4, 0.5) is 0 Å². The van der Waals surface area contributed by atoms with Crippen molar-refractivity contribution >= 4 is 18.4 Å². The maximum atomic E-state index is 11.4. The molecule has 170 valence electrons. The normalized spacial score (nSPS) is 12.5. The maximum Gasteiger partial charge on any atom is 0.339 e. The zero-order valence-corrected chi connectivity index (χ0v) is 19.1. The van der Waals surface area contributed by atoms with E-state index in [9.17, 15) is 15.0 Å². The van der Waals surface area contributed by atoms with Crippen LogP contribution in [0.15, 0.2) is 72.8 Å². The van der Waals surface area contributed by atoms with E-state index >= 15 is 0 Å². The number of carboxylic acid groups (broad SMARTS) is 1. The van der Waals surface area contributed by atoms with Crippen molar-refractivity contribution in [3.05, 3.63) is 89.5 Å². The van der Waals surface area contributed by atoms with Gasteiger partial charge >= 0.3 is 5.97 Å². The fourth-order valence-corrected chi connectivity index (χ4v) is 3.51. The standard InChI is InChI=1S/C26H29NO4.ClH/c1-3-31-24-17-22(13-14-23(24)26(29)30)20-11-9-19(10-12-20)15-16-27-18(2)25(28)21-7-5-4-6-8-21;/h4-14,17-18,25,27-28H,3,15-16H2,1-2H3,(H,29,30);1H/t18-,25+;/m0./s1. The molecule has 5 nitrogen and oxygen atoms in total. The lowest BCUT2D eigenvalue weighted by Crippen LogP contribution is -2.33. The highest BCUT2D eigenvalue weighted by Crippen LogP contribution is 2.28. The van der Waals surface area contributed by atoms with Gasteiger partial charge in [0.2, 0.25) is 0 Å². The third kappa shape index (κ3) is 6.57. The smallest absolute Gasteiger partial charge is 0.339 e. The molecule has 0 spiro atoms. The summed E-state index contributed by atoms with van der Waals surface area (Å²) in [6.07, 6.45) is 0.297. The van der Waals surface area contributed by atoms with Crippen LogP contribution in [0.1, 0.15) is 41.4 Å². The SMILES string of the molecule is CCOc1cc(-c2ccc(CCN[C@@H](C)[C@@H](O)c3ccccc3)cc2)ccc1C(=O)O.Cl. The Morgan fingerprint density at radius 1 is 1.00 bits per heavy atom. The topological polar surface area (TPSA) is 78.8 Å². The highest BCUT2D eigenvalue weighted by molar-refractivity contribution is 5.92. The van der Waals surface area contributed by atoms with Gasteiger partial charge < -0.3 is 20.3 Å². The molecule has 6 heteroatoms. The van der Waals surface area contributed by atoms with Crippen molar-refractivity contribution in [2.75, 3.05) is 13.2 Å². The number of benzene rings is 3. The number of ether oxygens (including phenoxy) is 1. The molecule has 0 heterocycles. The Labute approximate surface area is 195 Å². The van der Waals surface area contributed by atoms with Gasteiger partial charge in [-0.2, -0.15) is 0 Å². The van der Waals surface area contributed by atoms with E-state index in [-0.39, 0.29) is 24.0 Å². The van der Waals surface area contributed by atoms with Gasteiger partial charge in [0.05, 0.1) is 12.7 Å². The number of carboxylic acids is 1. The summed E-state index contributed by atoms with van der Waals surface area (Å²) in [6, 6.07) is 23.0. The molecule has 3 aromatic rings. The molecule has 0 radical (unpaired) electrons. The molecule has 3 aromatic carbocycles. The summed E-state index contributed by atoms with van der Waals surface area (Å²) in [5, 5.41) is 23.2. The Kier molecular flexibility index (Phi) is 9.72. The van der Waals surface area contributed by atoms with Crippen molar-refractivity contribution in [2.45, 2.75) is 32.4 Å². The third-order valence-electron chi connectivity index (χ3n) is 5.29. The highest BCUT2D eigenvalue weighted by atomic mass is 35.5. The van der Waals surface area contributed by atoms with Crippen LogP contribution in [0.5, 0.6) is 5.75 Å². The summed E-state index contributed by atoms with van der Waals surface area (Å²) in [6.45, 7) is 4.98. The molecule has 0 saturated carbocycles. The minimum atomic E-state index is -0.996. The molecule has 2 atom stereocenters. The van der Waals surface area contributed by atoms with Crippen LogP contribution in [0.25, 0.3) is 11.1 Å². The summed E-state index contributed by atoms with van der Waals surface area (Å²) < 4.78 is 5.50. The average molecular weight is 456 g/mol. The molecule has 0 saturated heterocycles.